The van der Waals surface area contributed by atoms with Crippen molar-refractivity contribution in [3.8, 4) is 0 Å². The molecule has 1 aromatic carbocycles. The van der Waals surface area contributed by atoms with E-state index in [9.17, 15) is 4.79 Å². The summed E-state index contributed by atoms with van der Waals surface area (Å²) in [6.07, 6.45) is 0.901. The van der Waals surface area contributed by atoms with Crippen LogP contribution in [0.4, 0.5) is 0 Å². The second kappa shape index (κ2) is 6.64. The van der Waals surface area contributed by atoms with Crippen molar-refractivity contribution in [2.75, 3.05) is 19.6 Å². The van der Waals surface area contributed by atoms with E-state index in [1.165, 1.54) is 5.56 Å². The van der Waals surface area contributed by atoms with Gasteiger partial charge in [0.2, 0.25) is 5.91 Å². The van der Waals surface area contributed by atoms with Gasteiger partial charge in [0.05, 0.1) is 18.3 Å². The van der Waals surface area contributed by atoms with Crippen LogP contribution < -0.4 is 0 Å². The Morgan fingerprint density at radius 1 is 1.24 bits per heavy atom. The van der Waals surface area contributed by atoms with Crippen LogP contribution in [-0.4, -0.2) is 40.5 Å². The molecule has 0 aliphatic carbocycles. The highest BCUT2D eigenvalue weighted by Crippen LogP contribution is 2.45. The maximum atomic E-state index is 12.2. The van der Waals surface area contributed by atoms with Gasteiger partial charge in [-0.15, -0.1) is 0 Å². The van der Waals surface area contributed by atoms with E-state index in [2.05, 4.69) is 52.2 Å². The summed E-state index contributed by atoms with van der Waals surface area (Å²) in [5.41, 5.74) is 2.26. The number of carbonyl (C=O) groups is 1. The predicted molar refractivity (Wildman–Crippen MR) is 94.7 cm³/mol. The van der Waals surface area contributed by atoms with Gasteiger partial charge >= 0.3 is 0 Å². The average Bonchev–Trinajstić information content (AvgIpc) is 3.29. The van der Waals surface area contributed by atoms with Crippen molar-refractivity contribution >= 4 is 5.91 Å². The van der Waals surface area contributed by atoms with E-state index in [0.29, 0.717) is 11.8 Å². The first-order chi connectivity index (χ1) is 12.2. The first-order valence-corrected chi connectivity index (χ1v) is 9.14. The van der Waals surface area contributed by atoms with Crippen molar-refractivity contribution in [2.24, 2.45) is 11.8 Å². The van der Waals surface area contributed by atoms with Crippen LogP contribution in [0.3, 0.4) is 0 Å². The molecule has 0 radical (unpaired) electrons. The highest BCUT2D eigenvalue weighted by Gasteiger charge is 2.48. The Morgan fingerprint density at radius 3 is 2.72 bits per heavy atom. The van der Waals surface area contributed by atoms with Crippen LogP contribution in [-0.2, 0) is 17.8 Å². The molecule has 1 aromatic heterocycles. The Balaban J connectivity index is 1.51. The number of fused-ring (bicyclic) bond motifs is 1. The molecule has 0 saturated carbocycles. The van der Waals surface area contributed by atoms with Crippen LogP contribution in [0.2, 0.25) is 0 Å². The molecule has 0 unspecified atom stereocenters. The number of hydrogen-bond donors (Lipinski definition) is 0. The fraction of sp³-hybridized carbons (Fsp3) is 0.500. The zero-order valence-corrected chi connectivity index (χ0v) is 14.9. The zero-order valence-electron chi connectivity index (χ0n) is 14.9. The van der Waals surface area contributed by atoms with Gasteiger partial charge in [0.15, 0.2) is 5.76 Å². The molecule has 5 nitrogen and oxygen atoms in total. The maximum Gasteiger partial charge on any atom is 0.219 e. The Hall–Kier alpha value is -2.14. The lowest BCUT2D eigenvalue weighted by atomic mass is 9.89. The smallest absolute Gasteiger partial charge is 0.219 e. The van der Waals surface area contributed by atoms with Gasteiger partial charge in [0, 0.05) is 38.5 Å². The van der Waals surface area contributed by atoms with E-state index in [1.807, 2.05) is 6.07 Å². The second-order valence-electron chi connectivity index (χ2n) is 7.28. The number of aromatic nitrogens is 1. The molecule has 0 N–H and O–H groups in total. The van der Waals surface area contributed by atoms with Crippen LogP contribution in [0, 0.1) is 11.8 Å². The molecule has 5 heteroatoms. The molecule has 4 rings (SSSR count). The molecule has 3 atom stereocenters. The molecule has 2 aliphatic heterocycles. The number of benzene rings is 1. The summed E-state index contributed by atoms with van der Waals surface area (Å²) in [6, 6.07) is 12.7. The van der Waals surface area contributed by atoms with Gasteiger partial charge < -0.3 is 9.42 Å². The molecule has 2 fully saturated rings. The normalized spacial score (nSPS) is 26.2. The highest BCUT2D eigenvalue weighted by atomic mass is 16.5. The first-order valence-electron chi connectivity index (χ1n) is 9.14. The van der Waals surface area contributed by atoms with E-state index in [1.54, 1.807) is 6.92 Å². The van der Waals surface area contributed by atoms with Crippen LogP contribution >= 0.6 is 0 Å². The lowest BCUT2D eigenvalue weighted by Crippen LogP contribution is -2.34. The molecule has 1 amide bonds. The lowest BCUT2D eigenvalue weighted by Gasteiger charge is -2.29. The SMILES string of the molecule is CCc1cc(CN2C[C@@H]3CN(C(C)=O)[C@@H](c4ccccc4)[C@@H]3C2)on1. The summed E-state index contributed by atoms with van der Waals surface area (Å²) in [4.78, 5) is 16.7. The van der Waals surface area contributed by atoms with Gasteiger partial charge in [-0.25, -0.2) is 0 Å². The van der Waals surface area contributed by atoms with Gasteiger partial charge in [-0.1, -0.05) is 42.4 Å². The summed E-state index contributed by atoms with van der Waals surface area (Å²) >= 11 is 0. The van der Waals surface area contributed by atoms with E-state index >= 15 is 0 Å². The van der Waals surface area contributed by atoms with Gasteiger partial charge in [-0.3, -0.25) is 9.69 Å². The first kappa shape index (κ1) is 16.3. The van der Waals surface area contributed by atoms with Crippen LogP contribution in [0.25, 0.3) is 0 Å². The largest absolute Gasteiger partial charge is 0.360 e. The topological polar surface area (TPSA) is 49.6 Å². The summed E-state index contributed by atoms with van der Waals surface area (Å²) in [7, 11) is 0. The van der Waals surface area contributed by atoms with E-state index in [0.717, 1.165) is 44.1 Å². The Morgan fingerprint density at radius 2 is 2.04 bits per heavy atom. The van der Waals surface area contributed by atoms with Crippen molar-refractivity contribution < 1.29 is 9.32 Å². The lowest BCUT2D eigenvalue weighted by molar-refractivity contribution is -0.130. The number of rotatable bonds is 4. The number of nitrogens with zero attached hydrogens (tertiary/aromatic N) is 3. The van der Waals surface area contributed by atoms with Gasteiger partial charge in [0.1, 0.15) is 0 Å². The van der Waals surface area contributed by atoms with Crippen LogP contribution in [0.1, 0.15) is 36.9 Å². The summed E-state index contributed by atoms with van der Waals surface area (Å²) in [6.45, 7) is 7.45. The molecule has 0 spiro atoms. The molecule has 2 saturated heterocycles. The van der Waals surface area contributed by atoms with Crippen molar-refractivity contribution in [3.63, 3.8) is 0 Å². The van der Waals surface area contributed by atoms with Gasteiger partial charge in [-0.05, 0) is 17.9 Å². The average molecular weight is 339 g/mol. The fourth-order valence-corrected chi connectivity index (χ4v) is 4.49. The monoisotopic (exact) mass is 339 g/mol. The number of amides is 1. The highest BCUT2D eigenvalue weighted by molar-refractivity contribution is 5.74. The quantitative estimate of drug-likeness (QED) is 0.859. The van der Waals surface area contributed by atoms with Crippen LogP contribution in [0.5, 0.6) is 0 Å². The third kappa shape index (κ3) is 3.09. The van der Waals surface area contributed by atoms with E-state index in [4.69, 9.17) is 4.52 Å². The van der Waals surface area contributed by atoms with Gasteiger partial charge in [-0.2, -0.15) is 0 Å². The molecule has 2 aromatic rings. The number of hydrogen-bond acceptors (Lipinski definition) is 4. The third-order valence-electron chi connectivity index (χ3n) is 5.63. The zero-order chi connectivity index (χ0) is 17.4. The number of aryl methyl sites for hydroxylation is 1. The standard InChI is InChI=1S/C20H25N3O2/c1-3-17-9-18(25-21-17)12-22-10-16-11-23(14(2)24)20(19(16)13-22)15-7-5-4-6-8-15/h4-9,16,19-20H,3,10-13H2,1-2H3/t16-,19-,20+/m1/s1. The number of likely N-dealkylation sites (tertiary alicyclic amines) is 2. The van der Waals surface area contributed by atoms with Gasteiger partial charge in [0.25, 0.3) is 0 Å². The van der Waals surface area contributed by atoms with Crippen molar-refractivity contribution in [3.05, 3.63) is 53.4 Å². The maximum absolute atomic E-state index is 12.2. The molecule has 0 bridgehead atoms. The van der Waals surface area contributed by atoms with Crippen LogP contribution in [0.15, 0.2) is 40.9 Å². The Labute approximate surface area is 148 Å². The minimum Gasteiger partial charge on any atom is -0.360 e. The summed E-state index contributed by atoms with van der Waals surface area (Å²) in [5, 5.41) is 4.09. The molecule has 2 aliphatic rings. The van der Waals surface area contributed by atoms with Crippen molar-refractivity contribution in [1.82, 2.24) is 15.0 Å². The van der Waals surface area contributed by atoms with E-state index < -0.39 is 0 Å². The Kier molecular flexibility index (Phi) is 4.34. The van der Waals surface area contributed by atoms with E-state index in [-0.39, 0.29) is 11.9 Å². The molecule has 132 valence electrons. The number of carbonyl (C=O) groups excluding carboxylic acids is 1. The van der Waals surface area contributed by atoms with Crippen molar-refractivity contribution in [2.45, 2.75) is 32.9 Å². The summed E-state index contributed by atoms with van der Waals surface area (Å²) < 4.78 is 5.45. The third-order valence-corrected chi connectivity index (χ3v) is 5.63. The molecule has 25 heavy (non-hydrogen) atoms. The fourth-order valence-electron chi connectivity index (χ4n) is 4.49. The Bertz CT molecular complexity index is 742. The minimum absolute atomic E-state index is 0.178. The molecule has 3 heterocycles. The van der Waals surface area contributed by atoms with Crippen molar-refractivity contribution in [1.29, 1.82) is 0 Å². The molecular weight excluding hydrogens is 314 g/mol. The predicted octanol–water partition coefficient (Wildman–Crippen LogP) is 2.89. The second-order valence-corrected chi connectivity index (χ2v) is 7.28. The molecular formula is C20H25N3O2. The minimum atomic E-state index is 0.178. The summed E-state index contributed by atoms with van der Waals surface area (Å²) in [5.74, 6) is 2.14.